The number of rotatable bonds is 3. The maximum absolute atomic E-state index is 6.00. The molecule has 0 amide bonds. The van der Waals surface area contributed by atoms with Crippen LogP contribution in [-0.4, -0.2) is 15.1 Å². The minimum absolute atomic E-state index is 0.266. The van der Waals surface area contributed by atoms with Gasteiger partial charge in [0.1, 0.15) is 5.88 Å². The molecular formula is C14H11Cl2N3O. The van der Waals surface area contributed by atoms with E-state index < -0.39 is 0 Å². The summed E-state index contributed by atoms with van der Waals surface area (Å²) in [5.74, 6) is 2.97. The molecule has 0 saturated heterocycles. The van der Waals surface area contributed by atoms with Gasteiger partial charge in [-0.1, -0.05) is 22.8 Å². The van der Waals surface area contributed by atoms with Crippen LogP contribution in [0.4, 0.5) is 0 Å². The normalized spacial score (nSPS) is 27.3. The second-order valence-electron chi connectivity index (χ2n) is 5.20. The average Bonchev–Trinajstić information content (AvgIpc) is 2.87. The first-order valence-electron chi connectivity index (χ1n) is 6.47. The molecule has 0 radical (unpaired) electrons. The van der Waals surface area contributed by atoms with Crippen molar-refractivity contribution < 1.29 is 4.52 Å². The third-order valence-electron chi connectivity index (χ3n) is 4.03. The molecule has 2 aromatic heterocycles. The molecule has 20 heavy (non-hydrogen) atoms. The van der Waals surface area contributed by atoms with Gasteiger partial charge in [-0.15, -0.1) is 11.6 Å². The summed E-state index contributed by atoms with van der Waals surface area (Å²) < 4.78 is 5.06. The second-order valence-corrected chi connectivity index (χ2v) is 5.91. The highest BCUT2D eigenvalue weighted by molar-refractivity contribution is 6.30. The molecule has 102 valence electrons. The molecule has 4 nitrogen and oxygen atoms in total. The maximum atomic E-state index is 6.00. The molecule has 4 rings (SSSR count). The molecule has 2 aliphatic carbocycles. The molecule has 3 unspecified atom stereocenters. The van der Waals surface area contributed by atoms with Crippen molar-refractivity contribution in [1.29, 1.82) is 0 Å². The molecular weight excluding hydrogens is 297 g/mol. The van der Waals surface area contributed by atoms with Gasteiger partial charge in [0.15, 0.2) is 5.82 Å². The lowest BCUT2D eigenvalue weighted by Crippen LogP contribution is -1.93. The number of fused-ring (bicyclic) bond motifs is 1. The molecule has 1 fully saturated rings. The van der Waals surface area contributed by atoms with E-state index in [0.29, 0.717) is 23.6 Å². The van der Waals surface area contributed by atoms with Crippen molar-refractivity contribution in [2.45, 2.75) is 18.2 Å². The first kappa shape index (κ1) is 12.4. The Bertz CT molecular complexity index is 697. The highest BCUT2D eigenvalue weighted by Crippen LogP contribution is 2.62. The standard InChI is InChI=1S/C14H11Cl2N3O/c15-6-12-18-14(19-20-12)13-9-3-7(4-10(9)13)11-5-8(16)1-2-17-11/h1-3,5,9-10,13H,4,6H2. The van der Waals surface area contributed by atoms with Crippen molar-refractivity contribution in [1.82, 2.24) is 15.1 Å². The Morgan fingerprint density at radius 2 is 2.30 bits per heavy atom. The van der Waals surface area contributed by atoms with Gasteiger partial charge in [-0.2, -0.15) is 4.98 Å². The fourth-order valence-corrected chi connectivity index (χ4v) is 3.30. The van der Waals surface area contributed by atoms with Crippen LogP contribution in [0, 0.1) is 11.8 Å². The third kappa shape index (κ3) is 1.95. The summed E-state index contributed by atoms with van der Waals surface area (Å²) >= 11 is 11.7. The lowest BCUT2D eigenvalue weighted by atomic mass is 10.1. The Morgan fingerprint density at radius 1 is 1.40 bits per heavy atom. The van der Waals surface area contributed by atoms with E-state index in [1.54, 1.807) is 12.3 Å². The van der Waals surface area contributed by atoms with Gasteiger partial charge in [-0.05, 0) is 36.0 Å². The van der Waals surface area contributed by atoms with E-state index in [9.17, 15) is 0 Å². The first-order valence-corrected chi connectivity index (χ1v) is 7.38. The molecule has 0 spiro atoms. The predicted molar refractivity (Wildman–Crippen MR) is 75.4 cm³/mol. The molecule has 0 bridgehead atoms. The van der Waals surface area contributed by atoms with Crippen molar-refractivity contribution in [3.05, 3.63) is 46.8 Å². The molecule has 3 atom stereocenters. The van der Waals surface area contributed by atoms with Gasteiger partial charge in [-0.25, -0.2) is 0 Å². The minimum atomic E-state index is 0.266. The molecule has 0 aromatic carbocycles. The minimum Gasteiger partial charge on any atom is -0.338 e. The number of hydrogen-bond donors (Lipinski definition) is 0. The van der Waals surface area contributed by atoms with Crippen LogP contribution >= 0.6 is 23.2 Å². The van der Waals surface area contributed by atoms with Crippen molar-refractivity contribution in [3.63, 3.8) is 0 Å². The SMILES string of the molecule is ClCc1nc(C2C3C=C(c4cc(Cl)ccn4)CC32)no1. The predicted octanol–water partition coefficient (Wildman–Crippen LogP) is 3.67. The Hall–Kier alpha value is -1.39. The van der Waals surface area contributed by atoms with Gasteiger partial charge in [0.05, 0.1) is 5.69 Å². The maximum Gasteiger partial charge on any atom is 0.241 e. The van der Waals surface area contributed by atoms with E-state index >= 15 is 0 Å². The number of pyridine rings is 1. The Kier molecular flexibility index (Phi) is 2.82. The summed E-state index contributed by atoms with van der Waals surface area (Å²) in [7, 11) is 0. The third-order valence-corrected chi connectivity index (χ3v) is 4.49. The Morgan fingerprint density at radius 3 is 2.95 bits per heavy atom. The topological polar surface area (TPSA) is 51.8 Å². The molecule has 2 aromatic rings. The number of halogens is 2. The summed E-state index contributed by atoms with van der Waals surface area (Å²) in [4.78, 5) is 8.68. The van der Waals surface area contributed by atoms with Gasteiger partial charge in [-0.3, -0.25) is 4.98 Å². The van der Waals surface area contributed by atoms with Gasteiger partial charge in [0, 0.05) is 17.1 Å². The van der Waals surface area contributed by atoms with E-state index in [-0.39, 0.29) is 5.88 Å². The van der Waals surface area contributed by atoms with E-state index in [2.05, 4.69) is 21.2 Å². The molecule has 2 aliphatic rings. The van der Waals surface area contributed by atoms with Crippen LogP contribution < -0.4 is 0 Å². The number of nitrogens with zero attached hydrogens (tertiary/aromatic N) is 3. The van der Waals surface area contributed by atoms with E-state index in [1.165, 1.54) is 5.57 Å². The quantitative estimate of drug-likeness (QED) is 0.812. The van der Waals surface area contributed by atoms with Crippen LogP contribution in [-0.2, 0) is 5.88 Å². The van der Waals surface area contributed by atoms with Crippen LogP contribution in [0.3, 0.4) is 0 Å². The molecule has 6 heteroatoms. The lowest BCUT2D eigenvalue weighted by Gasteiger charge is -2.04. The average molecular weight is 308 g/mol. The van der Waals surface area contributed by atoms with Gasteiger partial charge in [0.25, 0.3) is 0 Å². The monoisotopic (exact) mass is 307 g/mol. The number of hydrogen-bond acceptors (Lipinski definition) is 4. The number of allylic oxidation sites excluding steroid dienone is 2. The van der Waals surface area contributed by atoms with Gasteiger partial charge in [0.2, 0.25) is 5.89 Å². The van der Waals surface area contributed by atoms with Crippen molar-refractivity contribution in [3.8, 4) is 0 Å². The molecule has 0 aliphatic heterocycles. The number of alkyl halides is 1. The fraction of sp³-hybridized carbons (Fsp3) is 0.357. The zero-order valence-electron chi connectivity index (χ0n) is 10.5. The Labute approximate surface area is 125 Å². The first-order chi connectivity index (χ1) is 9.76. The Balaban J connectivity index is 1.54. The van der Waals surface area contributed by atoms with Crippen LogP contribution in [0.2, 0.25) is 5.02 Å². The van der Waals surface area contributed by atoms with Crippen LogP contribution in [0.1, 0.15) is 29.7 Å². The van der Waals surface area contributed by atoms with Crippen LogP contribution in [0.15, 0.2) is 28.9 Å². The van der Waals surface area contributed by atoms with E-state index in [4.69, 9.17) is 27.7 Å². The molecule has 0 N–H and O–H groups in total. The van der Waals surface area contributed by atoms with Crippen molar-refractivity contribution >= 4 is 28.8 Å². The summed E-state index contributed by atoms with van der Waals surface area (Å²) in [6.45, 7) is 0. The van der Waals surface area contributed by atoms with Crippen molar-refractivity contribution in [2.75, 3.05) is 0 Å². The lowest BCUT2D eigenvalue weighted by molar-refractivity contribution is 0.383. The van der Waals surface area contributed by atoms with Crippen molar-refractivity contribution in [2.24, 2.45) is 11.8 Å². The largest absolute Gasteiger partial charge is 0.338 e. The van der Waals surface area contributed by atoms with E-state index in [0.717, 1.165) is 23.0 Å². The second kappa shape index (κ2) is 4.57. The highest BCUT2D eigenvalue weighted by Gasteiger charge is 2.55. The summed E-state index contributed by atoms with van der Waals surface area (Å²) in [5.41, 5.74) is 2.23. The molecule has 2 heterocycles. The van der Waals surface area contributed by atoms with E-state index in [1.807, 2.05) is 6.07 Å². The zero-order chi connectivity index (χ0) is 13.7. The van der Waals surface area contributed by atoms with Crippen LogP contribution in [0.25, 0.3) is 5.57 Å². The fourth-order valence-electron chi connectivity index (χ4n) is 3.04. The zero-order valence-corrected chi connectivity index (χ0v) is 12.0. The van der Waals surface area contributed by atoms with Gasteiger partial charge >= 0.3 is 0 Å². The highest BCUT2D eigenvalue weighted by atomic mass is 35.5. The smallest absolute Gasteiger partial charge is 0.241 e. The number of aromatic nitrogens is 3. The molecule has 1 saturated carbocycles. The summed E-state index contributed by atoms with van der Waals surface area (Å²) in [5, 5.41) is 4.73. The van der Waals surface area contributed by atoms with Gasteiger partial charge < -0.3 is 4.52 Å². The summed E-state index contributed by atoms with van der Waals surface area (Å²) in [6.07, 6.45) is 5.00. The summed E-state index contributed by atoms with van der Waals surface area (Å²) in [6, 6.07) is 3.70. The van der Waals surface area contributed by atoms with Crippen LogP contribution in [0.5, 0.6) is 0 Å².